The third-order valence-corrected chi connectivity index (χ3v) is 16.5. The molecule has 508 valence electrons. The van der Waals surface area contributed by atoms with E-state index < -0.39 is 182 Å². The summed E-state index contributed by atoms with van der Waals surface area (Å²) in [5.74, 6) is -13.2. The predicted molar refractivity (Wildman–Crippen MR) is 334 cm³/mol. The molecule has 12 atom stereocenters. The molecule has 0 aromatic heterocycles. The first kappa shape index (κ1) is 76.3. The number of hydrogen-bond acceptors (Lipinski definition) is 20. The smallest absolute Gasteiger partial charge is 0.328 e. The molecule has 0 bridgehead atoms. The number of phenols is 1. The number of carbonyl (C=O) groups is 13. The molecule has 11 amide bonds. The van der Waals surface area contributed by atoms with E-state index in [1.54, 1.807) is 56.7 Å². The number of likely N-dealkylation sites (tertiary alicyclic amines) is 2. The van der Waals surface area contributed by atoms with E-state index in [2.05, 4.69) is 47.9 Å². The fourth-order valence-corrected chi connectivity index (χ4v) is 11.0. The Morgan fingerprint density at radius 3 is 1.45 bits per heavy atom. The number of carboxylic acids is 2. The lowest BCUT2D eigenvalue weighted by atomic mass is 10.0. The zero-order valence-electron chi connectivity index (χ0n) is 51.8. The molecule has 17 N–H and O–H groups in total. The predicted octanol–water partition coefficient (Wildman–Crippen LogP) is -4.43. The Hall–Kier alpha value is -8.11. The number of benzene rings is 2. The molecule has 2 aromatic carbocycles. The van der Waals surface area contributed by atoms with Crippen LogP contribution in [0.5, 0.6) is 5.75 Å². The molecular formula is C59H86N12O19S2. The molecule has 2 aliphatic heterocycles. The number of nitrogens with one attached hydrogen (secondary N) is 9. The SMILES string of the molecule is CSCC[C@H](NC(=O)[C@H](CCSC)NC(=O)[C@@H]1CCCN1C(=O)[C@@H](NC(=O)[C@H](CO)NC(=O)[C@H](CC(=O)O)NC(=O)[C@@H]1CCCN1C(=O)[C@H](Cc1ccc(O)cc1)NC(=O)[C@H](C)NC(=O)[C@H](CO)NC(=O)[C@@H](N)Cc1ccccc1)C(C)C)C(=O)N[C@@H](CO)C(=O)O. The number of phenolic OH excluding ortho intramolecular Hbond substituents is 1. The summed E-state index contributed by atoms with van der Waals surface area (Å²) < 4.78 is 0. The number of aliphatic hydroxyl groups excluding tert-OH is 3. The molecule has 0 radical (unpaired) electrons. The van der Waals surface area contributed by atoms with Crippen molar-refractivity contribution in [2.24, 2.45) is 11.7 Å². The Kier molecular flexibility index (Phi) is 31.6. The number of aliphatic carboxylic acids is 2. The molecule has 0 spiro atoms. The van der Waals surface area contributed by atoms with Crippen LogP contribution in [0.1, 0.15) is 76.8 Å². The van der Waals surface area contributed by atoms with Crippen molar-refractivity contribution >= 4 is 100 Å². The first-order valence-electron chi connectivity index (χ1n) is 29.8. The van der Waals surface area contributed by atoms with E-state index >= 15 is 0 Å². The van der Waals surface area contributed by atoms with Gasteiger partial charge in [-0.1, -0.05) is 56.3 Å². The molecule has 92 heavy (non-hydrogen) atoms. The summed E-state index contributed by atoms with van der Waals surface area (Å²) >= 11 is 2.70. The number of carbonyl (C=O) groups excluding carboxylic acids is 11. The Balaban J connectivity index is 1.45. The van der Waals surface area contributed by atoms with Crippen molar-refractivity contribution in [1.82, 2.24) is 57.7 Å². The van der Waals surface area contributed by atoms with Gasteiger partial charge in [-0.15, -0.1) is 0 Å². The Morgan fingerprint density at radius 2 is 0.946 bits per heavy atom. The van der Waals surface area contributed by atoms with Crippen molar-refractivity contribution in [2.75, 3.05) is 56.9 Å². The minimum Gasteiger partial charge on any atom is -0.508 e. The van der Waals surface area contributed by atoms with Gasteiger partial charge in [0.15, 0.2) is 0 Å². The number of carboxylic acid groups (broad SMARTS) is 2. The number of thioether (sulfide) groups is 2. The molecule has 0 saturated carbocycles. The highest BCUT2D eigenvalue weighted by atomic mass is 32.2. The van der Waals surface area contributed by atoms with Crippen LogP contribution < -0.4 is 53.6 Å². The molecule has 4 rings (SSSR count). The maximum Gasteiger partial charge on any atom is 0.328 e. The lowest BCUT2D eigenvalue weighted by molar-refractivity contribution is -0.145. The highest BCUT2D eigenvalue weighted by Crippen LogP contribution is 2.23. The largest absolute Gasteiger partial charge is 0.508 e. The van der Waals surface area contributed by atoms with E-state index in [1.807, 2.05) is 0 Å². The Labute approximate surface area is 540 Å². The van der Waals surface area contributed by atoms with Crippen LogP contribution in [0.25, 0.3) is 0 Å². The van der Waals surface area contributed by atoms with E-state index in [9.17, 15) is 93.0 Å². The topological polar surface area (TPSA) is 484 Å². The standard InChI is InChI=1S/C59H86N12O19S2/c1-31(2)47(58(88)71-22-10-14-45(71)55(85)63-38(20-24-92-5)50(80)62-37(19-23-91-4)51(81)68-43(30-74)59(89)90)69-54(84)42(29-73)67-52(82)39(27-46(76)77)64-56(86)44-13-9-21-70(44)57(87)40(26-34-15-17-35(75)18-16-34)65-48(78)32(3)61-53(83)41(28-72)66-49(79)36(60)25-33-11-7-6-8-12-33/h6-8,11-12,15-18,31-32,36-45,47,72-75H,9-10,13-14,19-30,60H2,1-5H3,(H,61,83)(H,62,80)(H,63,85)(H,64,86)(H,65,78)(H,66,79)(H,67,82)(H,68,81)(H,69,84)(H,76,77)(H,89,90)/t32-,36-,37-,38-,39-,40-,41-,42-,43-,44-,45-,47-/m0/s1. The number of aromatic hydroxyl groups is 1. The van der Waals surface area contributed by atoms with Crippen LogP contribution in [0.3, 0.4) is 0 Å². The fraction of sp³-hybridized carbons (Fsp3) is 0.576. The number of hydrogen-bond donors (Lipinski definition) is 16. The summed E-state index contributed by atoms with van der Waals surface area (Å²) in [6.07, 6.45) is 3.10. The van der Waals surface area contributed by atoms with Crippen LogP contribution in [0.15, 0.2) is 54.6 Å². The van der Waals surface area contributed by atoms with Crippen LogP contribution in [-0.4, -0.2) is 247 Å². The van der Waals surface area contributed by atoms with Gasteiger partial charge in [0.2, 0.25) is 65.0 Å². The number of aliphatic hydroxyl groups is 3. The van der Waals surface area contributed by atoms with Gasteiger partial charge in [0.1, 0.15) is 72.2 Å². The van der Waals surface area contributed by atoms with Gasteiger partial charge >= 0.3 is 11.9 Å². The second-order valence-corrected chi connectivity index (χ2v) is 24.5. The summed E-state index contributed by atoms with van der Waals surface area (Å²) in [6, 6.07) is -3.01. The quantitative estimate of drug-likeness (QED) is 0.0304. The summed E-state index contributed by atoms with van der Waals surface area (Å²) in [4.78, 5) is 178. The number of nitrogens with zero attached hydrogens (tertiary/aromatic N) is 2. The molecule has 33 heteroatoms. The summed E-state index contributed by atoms with van der Waals surface area (Å²) in [5, 5.41) is 81.0. The number of rotatable bonds is 37. The minimum atomic E-state index is -1.94. The zero-order chi connectivity index (χ0) is 68.4. The molecule has 31 nitrogen and oxygen atoms in total. The van der Waals surface area contributed by atoms with Gasteiger partial charge in [0.25, 0.3) is 0 Å². The second kappa shape index (κ2) is 38.0. The van der Waals surface area contributed by atoms with Crippen LogP contribution in [0.4, 0.5) is 0 Å². The van der Waals surface area contributed by atoms with E-state index in [0.717, 1.165) is 10.5 Å². The maximum atomic E-state index is 14.5. The third kappa shape index (κ3) is 23.2. The Morgan fingerprint density at radius 1 is 0.511 bits per heavy atom. The third-order valence-electron chi connectivity index (χ3n) is 15.2. The van der Waals surface area contributed by atoms with Gasteiger partial charge in [0, 0.05) is 19.5 Å². The molecular weight excluding hydrogens is 1240 g/mol. The van der Waals surface area contributed by atoms with E-state index in [0.29, 0.717) is 23.5 Å². The first-order valence-corrected chi connectivity index (χ1v) is 32.6. The highest BCUT2D eigenvalue weighted by molar-refractivity contribution is 7.98. The lowest BCUT2D eigenvalue weighted by Gasteiger charge is -2.32. The molecule has 2 saturated heterocycles. The van der Waals surface area contributed by atoms with Crippen molar-refractivity contribution in [3.05, 3.63) is 65.7 Å². The lowest BCUT2D eigenvalue weighted by Crippen LogP contribution is -2.61. The Bertz CT molecular complexity index is 2900. The number of nitrogens with two attached hydrogens (primary N) is 1. The van der Waals surface area contributed by atoms with Gasteiger partial charge in [0.05, 0.1) is 32.3 Å². The van der Waals surface area contributed by atoms with Crippen LogP contribution >= 0.6 is 23.5 Å². The van der Waals surface area contributed by atoms with Crippen molar-refractivity contribution in [3.63, 3.8) is 0 Å². The molecule has 2 fully saturated rings. The normalized spacial score (nSPS) is 17.8. The van der Waals surface area contributed by atoms with Crippen molar-refractivity contribution in [1.29, 1.82) is 0 Å². The molecule has 2 aliphatic rings. The van der Waals surface area contributed by atoms with Gasteiger partial charge in [-0.3, -0.25) is 57.5 Å². The highest BCUT2D eigenvalue weighted by Gasteiger charge is 2.43. The summed E-state index contributed by atoms with van der Waals surface area (Å²) in [7, 11) is 0. The fourth-order valence-electron chi connectivity index (χ4n) is 10.1. The molecule has 2 aromatic rings. The second-order valence-electron chi connectivity index (χ2n) is 22.5. The average Bonchev–Trinajstić information content (AvgIpc) is 1.66. The minimum absolute atomic E-state index is 0.0159. The van der Waals surface area contributed by atoms with Gasteiger partial charge in [-0.05, 0) is 105 Å². The summed E-state index contributed by atoms with van der Waals surface area (Å²) in [5.41, 5.74) is 7.22. The van der Waals surface area contributed by atoms with Crippen LogP contribution in [0, 0.1) is 5.92 Å². The molecule has 0 aliphatic carbocycles. The number of amides is 11. The van der Waals surface area contributed by atoms with Crippen LogP contribution in [-0.2, 0) is 75.2 Å². The maximum absolute atomic E-state index is 14.5. The van der Waals surface area contributed by atoms with E-state index in [-0.39, 0.29) is 63.8 Å². The molecule has 2 heterocycles. The van der Waals surface area contributed by atoms with Crippen molar-refractivity contribution in [3.8, 4) is 5.75 Å². The van der Waals surface area contributed by atoms with Crippen LogP contribution in [0.2, 0.25) is 0 Å². The van der Waals surface area contributed by atoms with Crippen molar-refractivity contribution < 1.29 is 93.0 Å². The van der Waals surface area contributed by atoms with Gasteiger partial charge < -0.3 is 94.0 Å². The zero-order valence-corrected chi connectivity index (χ0v) is 53.4. The average molecular weight is 1330 g/mol. The molecule has 0 unspecified atom stereocenters. The summed E-state index contributed by atoms with van der Waals surface area (Å²) in [6.45, 7) is 1.46. The first-order chi connectivity index (χ1) is 43.7. The monoisotopic (exact) mass is 1330 g/mol. The van der Waals surface area contributed by atoms with Gasteiger partial charge in [-0.25, -0.2) is 4.79 Å². The van der Waals surface area contributed by atoms with E-state index in [4.69, 9.17) is 5.73 Å². The van der Waals surface area contributed by atoms with Gasteiger partial charge in [-0.2, -0.15) is 23.5 Å². The van der Waals surface area contributed by atoms with E-state index in [1.165, 1.54) is 59.6 Å². The van der Waals surface area contributed by atoms with Crippen molar-refractivity contribution in [2.45, 2.75) is 151 Å².